The van der Waals surface area contributed by atoms with Crippen LogP contribution in [0, 0.1) is 11.3 Å². The van der Waals surface area contributed by atoms with Gasteiger partial charge in [-0.2, -0.15) is 0 Å². The molecule has 0 bridgehead atoms. The van der Waals surface area contributed by atoms with Crippen molar-refractivity contribution < 1.29 is 14.6 Å². The third kappa shape index (κ3) is 3.27. The molecule has 0 aromatic heterocycles. The Morgan fingerprint density at radius 3 is 2.95 bits per heavy atom. The predicted molar refractivity (Wildman–Crippen MR) is 72.8 cm³/mol. The van der Waals surface area contributed by atoms with Gasteiger partial charge < -0.3 is 20.1 Å². The van der Waals surface area contributed by atoms with Crippen molar-refractivity contribution >= 4 is 5.91 Å². The van der Waals surface area contributed by atoms with Gasteiger partial charge in [-0.1, -0.05) is 13.8 Å². The number of carbonyl (C=O) groups excluding carboxylic acids is 1. The molecule has 2 saturated heterocycles. The Labute approximate surface area is 115 Å². The van der Waals surface area contributed by atoms with Gasteiger partial charge in [0, 0.05) is 18.5 Å². The number of aliphatic hydroxyl groups is 1. The Kier molecular flexibility index (Phi) is 4.81. The molecular formula is C14H26N2O3. The van der Waals surface area contributed by atoms with Crippen LogP contribution in [0.1, 0.15) is 26.7 Å². The van der Waals surface area contributed by atoms with Crippen LogP contribution in [-0.4, -0.2) is 61.4 Å². The van der Waals surface area contributed by atoms with Gasteiger partial charge in [-0.25, -0.2) is 0 Å². The molecule has 0 saturated carbocycles. The Hall–Kier alpha value is -0.650. The predicted octanol–water partition coefficient (Wildman–Crippen LogP) is 0.232. The van der Waals surface area contributed by atoms with E-state index in [1.165, 1.54) is 0 Å². The molecular weight excluding hydrogens is 244 g/mol. The highest BCUT2D eigenvalue weighted by Gasteiger charge is 2.40. The summed E-state index contributed by atoms with van der Waals surface area (Å²) in [7, 11) is 0. The fourth-order valence-corrected chi connectivity index (χ4v) is 3.06. The molecule has 110 valence electrons. The summed E-state index contributed by atoms with van der Waals surface area (Å²) in [5.74, 6) is 0.590. The number of aliphatic hydroxyl groups excluding tert-OH is 1. The average Bonchev–Trinajstić information content (AvgIpc) is 2.47. The number of morpholine rings is 1. The second-order valence-corrected chi connectivity index (χ2v) is 6.19. The Morgan fingerprint density at radius 2 is 2.32 bits per heavy atom. The van der Waals surface area contributed by atoms with E-state index in [0.717, 1.165) is 25.9 Å². The summed E-state index contributed by atoms with van der Waals surface area (Å²) < 4.78 is 5.41. The van der Waals surface area contributed by atoms with E-state index >= 15 is 0 Å². The molecule has 1 amide bonds. The van der Waals surface area contributed by atoms with Crippen molar-refractivity contribution in [3.63, 3.8) is 0 Å². The summed E-state index contributed by atoms with van der Waals surface area (Å²) in [5, 5.41) is 12.6. The van der Waals surface area contributed by atoms with E-state index in [4.69, 9.17) is 9.84 Å². The van der Waals surface area contributed by atoms with E-state index in [9.17, 15) is 4.79 Å². The Morgan fingerprint density at radius 1 is 1.53 bits per heavy atom. The molecule has 2 atom stereocenters. The fraction of sp³-hybridized carbons (Fsp3) is 0.929. The molecule has 2 fully saturated rings. The highest BCUT2D eigenvalue weighted by atomic mass is 16.5. The quantitative estimate of drug-likeness (QED) is 0.771. The van der Waals surface area contributed by atoms with Crippen LogP contribution in [0.4, 0.5) is 0 Å². The van der Waals surface area contributed by atoms with Crippen LogP contribution in [0.15, 0.2) is 0 Å². The van der Waals surface area contributed by atoms with E-state index < -0.39 is 0 Å². The highest BCUT2D eigenvalue weighted by Crippen LogP contribution is 2.34. The zero-order valence-corrected chi connectivity index (χ0v) is 12.0. The van der Waals surface area contributed by atoms with Crippen LogP contribution in [0.25, 0.3) is 0 Å². The van der Waals surface area contributed by atoms with Crippen LogP contribution in [0.5, 0.6) is 0 Å². The minimum Gasteiger partial charge on any atom is -0.394 e. The molecule has 2 N–H and O–H groups in total. The highest BCUT2D eigenvalue weighted by molar-refractivity contribution is 5.82. The molecule has 0 aromatic rings. The lowest BCUT2D eigenvalue weighted by Crippen LogP contribution is -2.54. The average molecular weight is 270 g/mol. The molecule has 5 heteroatoms. The monoisotopic (exact) mass is 270 g/mol. The smallest absolute Gasteiger partial charge is 0.228 e. The molecule has 2 rings (SSSR count). The number of nitrogens with one attached hydrogen (secondary N) is 1. The molecule has 0 radical (unpaired) electrons. The zero-order chi connectivity index (χ0) is 13.9. The molecule has 5 nitrogen and oxygen atoms in total. The van der Waals surface area contributed by atoms with Crippen molar-refractivity contribution in [1.82, 2.24) is 10.2 Å². The topological polar surface area (TPSA) is 61.8 Å². The van der Waals surface area contributed by atoms with Gasteiger partial charge in [0.1, 0.15) is 0 Å². The summed E-state index contributed by atoms with van der Waals surface area (Å²) in [6, 6.07) is 0. The maximum absolute atomic E-state index is 12.7. The van der Waals surface area contributed by atoms with Gasteiger partial charge in [0.15, 0.2) is 0 Å². The summed E-state index contributed by atoms with van der Waals surface area (Å²) >= 11 is 0. The van der Waals surface area contributed by atoms with Gasteiger partial charge in [0.25, 0.3) is 0 Å². The number of rotatable bonds is 3. The third-order valence-electron chi connectivity index (χ3n) is 4.50. The van der Waals surface area contributed by atoms with Crippen LogP contribution in [0.3, 0.4) is 0 Å². The second kappa shape index (κ2) is 6.20. The summed E-state index contributed by atoms with van der Waals surface area (Å²) in [6.45, 7) is 7.74. The number of nitrogens with zero attached hydrogens (tertiary/aromatic N) is 1. The molecule has 0 spiro atoms. The lowest BCUT2D eigenvalue weighted by atomic mass is 9.74. The van der Waals surface area contributed by atoms with Gasteiger partial charge in [-0.3, -0.25) is 4.79 Å². The van der Waals surface area contributed by atoms with Crippen LogP contribution in [0.2, 0.25) is 0 Å². The number of amides is 1. The normalized spacial score (nSPS) is 29.3. The van der Waals surface area contributed by atoms with Crippen molar-refractivity contribution in [1.29, 1.82) is 0 Å². The first-order chi connectivity index (χ1) is 9.05. The fourth-order valence-electron chi connectivity index (χ4n) is 3.06. The number of carbonyl (C=O) groups is 1. The molecule has 0 aromatic carbocycles. The van der Waals surface area contributed by atoms with Gasteiger partial charge in [-0.05, 0) is 31.8 Å². The van der Waals surface area contributed by atoms with Gasteiger partial charge in [-0.15, -0.1) is 0 Å². The van der Waals surface area contributed by atoms with Crippen LogP contribution >= 0.6 is 0 Å². The van der Waals surface area contributed by atoms with E-state index in [-0.39, 0.29) is 24.0 Å². The lowest BCUT2D eigenvalue weighted by Gasteiger charge is -2.41. The summed E-state index contributed by atoms with van der Waals surface area (Å²) in [6.07, 6.45) is 2.03. The largest absolute Gasteiger partial charge is 0.394 e. The minimum absolute atomic E-state index is 0.0187. The van der Waals surface area contributed by atoms with Gasteiger partial charge >= 0.3 is 0 Å². The molecule has 2 unspecified atom stereocenters. The van der Waals surface area contributed by atoms with Crippen molar-refractivity contribution in [2.24, 2.45) is 11.3 Å². The Balaban J connectivity index is 2.00. The maximum atomic E-state index is 12.7. The molecule has 2 aliphatic rings. The molecule has 2 aliphatic heterocycles. The number of ether oxygens (including phenoxy) is 1. The maximum Gasteiger partial charge on any atom is 0.228 e. The minimum atomic E-state index is -0.342. The van der Waals surface area contributed by atoms with E-state index in [2.05, 4.69) is 19.2 Å². The Bertz CT molecular complexity index is 314. The molecule has 2 heterocycles. The molecule has 0 aliphatic carbocycles. The standard InChI is InChI=1S/C14H26N2O3/c1-14(2,11-4-3-5-15-8-11)13(18)16-6-7-19-12(9-16)10-17/h11-12,15,17H,3-10H2,1-2H3. The SMILES string of the molecule is CC(C)(C(=O)N1CCOC(CO)C1)C1CCCNC1. The first-order valence-electron chi connectivity index (χ1n) is 7.28. The number of hydrogen-bond acceptors (Lipinski definition) is 4. The zero-order valence-electron chi connectivity index (χ0n) is 12.0. The van der Waals surface area contributed by atoms with Crippen molar-refractivity contribution in [3.8, 4) is 0 Å². The van der Waals surface area contributed by atoms with Crippen molar-refractivity contribution in [2.45, 2.75) is 32.8 Å². The first-order valence-corrected chi connectivity index (χ1v) is 7.28. The second-order valence-electron chi connectivity index (χ2n) is 6.19. The molecule has 19 heavy (non-hydrogen) atoms. The van der Waals surface area contributed by atoms with Crippen LogP contribution < -0.4 is 5.32 Å². The number of hydrogen-bond donors (Lipinski definition) is 2. The van der Waals surface area contributed by atoms with Gasteiger partial charge in [0.05, 0.1) is 19.3 Å². The van der Waals surface area contributed by atoms with Gasteiger partial charge in [0.2, 0.25) is 5.91 Å². The summed E-state index contributed by atoms with van der Waals surface area (Å²) in [4.78, 5) is 14.6. The van der Waals surface area contributed by atoms with E-state index in [1.54, 1.807) is 0 Å². The first kappa shape index (κ1) is 14.8. The third-order valence-corrected chi connectivity index (χ3v) is 4.50. The number of piperidine rings is 1. The van der Waals surface area contributed by atoms with E-state index in [1.807, 2.05) is 4.90 Å². The lowest BCUT2D eigenvalue weighted by molar-refractivity contribution is -0.152. The van der Waals surface area contributed by atoms with Crippen molar-refractivity contribution in [3.05, 3.63) is 0 Å². The summed E-state index contributed by atoms with van der Waals surface area (Å²) in [5.41, 5.74) is -0.342. The van der Waals surface area contributed by atoms with E-state index in [0.29, 0.717) is 25.6 Å². The van der Waals surface area contributed by atoms with Crippen LogP contribution in [-0.2, 0) is 9.53 Å². The van der Waals surface area contributed by atoms with Crippen molar-refractivity contribution in [2.75, 3.05) is 39.4 Å².